The number of halogens is 2. The van der Waals surface area contributed by atoms with E-state index in [-0.39, 0.29) is 11.4 Å². The van der Waals surface area contributed by atoms with Gasteiger partial charge in [-0.1, -0.05) is 0 Å². The Kier molecular flexibility index (Phi) is 2.75. The summed E-state index contributed by atoms with van der Waals surface area (Å²) < 4.78 is 31.9. The summed E-state index contributed by atoms with van der Waals surface area (Å²) in [5.41, 5.74) is 0.271. The van der Waals surface area contributed by atoms with Gasteiger partial charge in [-0.3, -0.25) is 4.98 Å². The number of pyridine rings is 1. The van der Waals surface area contributed by atoms with Crippen molar-refractivity contribution in [3.63, 3.8) is 0 Å². The van der Waals surface area contributed by atoms with Crippen molar-refractivity contribution in [2.45, 2.75) is 0 Å². The third-order valence-corrected chi connectivity index (χ3v) is 2.49. The van der Waals surface area contributed by atoms with Crippen LogP contribution in [0.5, 0.6) is 11.6 Å². The minimum absolute atomic E-state index is 0.150. The zero-order chi connectivity index (χ0) is 13.2. The Balaban J connectivity index is 2.11. The molecule has 0 aliphatic heterocycles. The van der Waals surface area contributed by atoms with Gasteiger partial charge in [0.25, 0.3) is 0 Å². The van der Waals surface area contributed by atoms with Gasteiger partial charge in [-0.15, -0.1) is 0 Å². The van der Waals surface area contributed by atoms with Gasteiger partial charge in [0.15, 0.2) is 11.6 Å². The summed E-state index contributed by atoms with van der Waals surface area (Å²) in [6.45, 7) is 0. The number of hydrogen-bond acceptors (Lipinski definition) is 4. The highest BCUT2D eigenvalue weighted by Gasteiger charge is 2.11. The molecule has 0 spiro atoms. The van der Waals surface area contributed by atoms with Crippen LogP contribution in [0.2, 0.25) is 0 Å². The first-order valence-electron chi connectivity index (χ1n) is 5.41. The lowest BCUT2D eigenvalue weighted by atomic mass is 10.2. The first-order chi connectivity index (χ1) is 9.24. The van der Waals surface area contributed by atoms with Gasteiger partial charge in [0, 0.05) is 12.3 Å². The minimum Gasteiger partial charge on any atom is -0.437 e. The van der Waals surface area contributed by atoms with E-state index in [0.29, 0.717) is 11.1 Å². The first kappa shape index (κ1) is 11.5. The summed E-state index contributed by atoms with van der Waals surface area (Å²) in [6, 6.07) is 5.39. The van der Waals surface area contributed by atoms with Gasteiger partial charge < -0.3 is 4.74 Å². The maximum absolute atomic E-state index is 13.3. The molecule has 0 aliphatic rings. The molecule has 0 N–H and O–H groups in total. The van der Waals surface area contributed by atoms with Crippen molar-refractivity contribution >= 4 is 10.9 Å². The van der Waals surface area contributed by atoms with Crippen LogP contribution in [0.4, 0.5) is 8.78 Å². The van der Waals surface area contributed by atoms with Crippen molar-refractivity contribution in [1.29, 1.82) is 0 Å². The molecule has 0 radical (unpaired) electrons. The molecule has 0 atom stereocenters. The molecule has 2 aromatic heterocycles. The molecule has 0 fully saturated rings. The van der Waals surface area contributed by atoms with Gasteiger partial charge in [-0.2, -0.15) is 0 Å². The van der Waals surface area contributed by atoms with Gasteiger partial charge >= 0.3 is 0 Å². The highest BCUT2D eigenvalue weighted by molar-refractivity contribution is 5.83. The number of ether oxygens (including phenoxy) is 1. The smallest absolute Gasteiger partial charge is 0.230 e. The first-order valence-corrected chi connectivity index (χ1v) is 5.41. The van der Waals surface area contributed by atoms with Crippen molar-refractivity contribution in [2.75, 3.05) is 0 Å². The van der Waals surface area contributed by atoms with Crippen molar-refractivity contribution < 1.29 is 13.5 Å². The van der Waals surface area contributed by atoms with Crippen LogP contribution in [0.15, 0.2) is 43.0 Å². The van der Waals surface area contributed by atoms with E-state index in [1.165, 1.54) is 12.5 Å². The predicted molar refractivity (Wildman–Crippen MR) is 63.8 cm³/mol. The summed E-state index contributed by atoms with van der Waals surface area (Å²) >= 11 is 0. The van der Waals surface area contributed by atoms with Crippen molar-refractivity contribution in [3.8, 4) is 11.6 Å². The van der Waals surface area contributed by atoms with Gasteiger partial charge in [0.2, 0.25) is 5.88 Å². The molecule has 94 valence electrons. The van der Waals surface area contributed by atoms with Crippen LogP contribution < -0.4 is 4.74 Å². The largest absolute Gasteiger partial charge is 0.437 e. The second-order valence-corrected chi connectivity index (χ2v) is 3.75. The number of fused-ring (bicyclic) bond motifs is 1. The average Bonchev–Trinajstić information content (AvgIpc) is 2.42. The molecule has 0 saturated carbocycles. The van der Waals surface area contributed by atoms with Gasteiger partial charge in [-0.25, -0.2) is 18.7 Å². The lowest BCUT2D eigenvalue weighted by Crippen LogP contribution is -1.94. The third kappa shape index (κ3) is 2.20. The van der Waals surface area contributed by atoms with E-state index in [2.05, 4.69) is 15.0 Å². The van der Waals surface area contributed by atoms with Crippen LogP contribution in [0.3, 0.4) is 0 Å². The molecule has 0 amide bonds. The molecule has 0 aliphatic carbocycles. The fraction of sp³-hybridized carbons (Fsp3) is 0. The summed E-state index contributed by atoms with van der Waals surface area (Å²) in [5.74, 6) is -1.33. The highest BCUT2D eigenvalue weighted by Crippen LogP contribution is 2.27. The summed E-state index contributed by atoms with van der Waals surface area (Å²) in [6.07, 6.45) is 4.32. The third-order valence-electron chi connectivity index (χ3n) is 2.49. The molecule has 19 heavy (non-hydrogen) atoms. The summed E-state index contributed by atoms with van der Waals surface area (Å²) in [5, 5.41) is 0.297. The Bertz CT molecular complexity index is 735. The van der Waals surface area contributed by atoms with Gasteiger partial charge in [0.1, 0.15) is 12.1 Å². The van der Waals surface area contributed by atoms with E-state index in [1.54, 1.807) is 18.3 Å². The van der Waals surface area contributed by atoms with Gasteiger partial charge in [-0.05, 0) is 18.2 Å². The molecule has 3 aromatic rings. The Morgan fingerprint density at radius 1 is 1.05 bits per heavy atom. The molecular formula is C13H7F2N3O. The van der Waals surface area contributed by atoms with E-state index in [4.69, 9.17) is 4.74 Å². The lowest BCUT2D eigenvalue weighted by molar-refractivity contribution is 0.464. The van der Waals surface area contributed by atoms with Crippen LogP contribution in [0, 0.1) is 11.6 Å². The normalized spacial score (nSPS) is 10.6. The Morgan fingerprint density at radius 3 is 2.68 bits per heavy atom. The minimum atomic E-state index is -0.974. The number of aromatic nitrogens is 3. The molecule has 1 aromatic carbocycles. The molecule has 0 unspecified atom stereocenters. The second kappa shape index (κ2) is 4.56. The standard InChI is InChI=1S/C13H7F2N3O/c14-10-4-9-12(5-11(10)15)17-7-18-13(9)19-8-2-1-3-16-6-8/h1-7H. The second-order valence-electron chi connectivity index (χ2n) is 3.75. The van der Waals surface area contributed by atoms with E-state index < -0.39 is 11.6 Å². The van der Waals surface area contributed by atoms with E-state index in [9.17, 15) is 8.78 Å². The molecule has 2 heterocycles. The van der Waals surface area contributed by atoms with Crippen LogP contribution in [-0.2, 0) is 0 Å². The van der Waals surface area contributed by atoms with Crippen LogP contribution in [-0.4, -0.2) is 15.0 Å². The summed E-state index contributed by atoms with van der Waals surface area (Å²) in [7, 11) is 0. The predicted octanol–water partition coefficient (Wildman–Crippen LogP) is 3.10. The fourth-order valence-corrected chi connectivity index (χ4v) is 1.63. The molecule has 0 saturated heterocycles. The highest BCUT2D eigenvalue weighted by atomic mass is 19.2. The Hall–Kier alpha value is -2.63. The number of benzene rings is 1. The fourth-order valence-electron chi connectivity index (χ4n) is 1.63. The maximum Gasteiger partial charge on any atom is 0.230 e. The van der Waals surface area contributed by atoms with E-state index in [0.717, 1.165) is 12.1 Å². The maximum atomic E-state index is 13.3. The number of hydrogen-bond donors (Lipinski definition) is 0. The Labute approximate surface area is 106 Å². The van der Waals surface area contributed by atoms with Crippen molar-refractivity contribution in [3.05, 3.63) is 54.6 Å². The number of nitrogens with zero attached hydrogens (tertiary/aromatic N) is 3. The Morgan fingerprint density at radius 2 is 1.89 bits per heavy atom. The number of rotatable bonds is 2. The molecule has 6 heteroatoms. The molecular weight excluding hydrogens is 252 g/mol. The molecule has 0 bridgehead atoms. The molecule has 3 rings (SSSR count). The topological polar surface area (TPSA) is 47.9 Å². The van der Waals surface area contributed by atoms with Crippen molar-refractivity contribution in [1.82, 2.24) is 15.0 Å². The zero-order valence-electron chi connectivity index (χ0n) is 9.55. The van der Waals surface area contributed by atoms with E-state index >= 15 is 0 Å². The summed E-state index contributed by atoms with van der Waals surface area (Å²) in [4.78, 5) is 11.7. The van der Waals surface area contributed by atoms with E-state index in [1.807, 2.05) is 0 Å². The van der Waals surface area contributed by atoms with Crippen molar-refractivity contribution in [2.24, 2.45) is 0 Å². The molecule has 4 nitrogen and oxygen atoms in total. The van der Waals surface area contributed by atoms with Crippen LogP contribution >= 0.6 is 0 Å². The monoisotopic (exact) mass is 259 g/mol. The average molecular weight is 259 g/mol. The SMILES string of the molecule is Fc1cc2ncnc(Oc3cccnc3)c2cc1F. The quantitative estimate of drug-likeness (QED) is 0.709. The lowest BCUT2D eigenvalue weighted by Gasteiger charge is -2.06. The van der Waals surface area contributed by atoms with Crippen LogP contribution in [0.25, 0.3) is 10.9 Å². The van der Waals surface area contributed by atoms with Gasteiger partial charge in [0.05, 0.1) is 17.1 Å². The zero-order valence-corrected chi connectivity index (χ0v) is 9.55. The van der Waals surface area contributed by atoms with Crippen LogP contribution in [0.1, 0.15) is 0 Å².